The van der Waals surface area contributed by atoms with Crippen molar-refractivity contribution in [2.45, 2.75) is 13.0 Å². The van der Waals surface area contributed by atoms with Crippen LogP contribution in [-0.2, 0) is 11.3 Å². The number of hydrogen-bond acceptors (Lipinski definition) is 6. The molecular formula is C18H15N3O4S. The molecule has 0 spiro atoms. The summed E-state index contributed by atoms with van der Waals surface area (Å²) in [5, 5.41) is 3.28. The van der Waals surface area contributed by atoms with Crippen molar-refractivity contribution in [1.82, 2.24) is 9.55 Å². The Labute approximate surface area is 151 Å². The summed E-state index contributed by atoms with van der Waals surface area (Å²) in [6.07, 6.45) is 0.135. The topological polar surface area (TPSA) is 86.4 Å². The molecule has 1 amide bonds. The number of carbonyl (C=O) groups is 1. The van der Waals surface area contributed by atoms with Gasteiger partial charge in [0.25, 0.3) is 0 Å². The molecule has 0 saturated heterocycles. The van der Waals surface area contributed by atoms with Gasteiger partial charge in [0, 0.05) is 13.0 Å². The number of fused-ring (bicyclic) bond motifs is 2. The van der Waals surface area contributed by atoms with Gasteiger partial charge in [-0.3, -0.25) is 9.36 Å². The number of ether oxygens (including phenoxy) is 1. The van der Waals surface area contributed by atoms with Crippen LogP contribution in [0.25, 0.3) is 21.3 Å². The van der Waals surface area contributed by atoms with Crippen molar-refractivity contribution in [3.05, 3.63) is 53.0 Å². The van der Waals surface area contributed by atoms with Gasteiger partial charge in [0.1, 0.15) is 11.3 Å². The summed E-state index contributed by atoms with van der Waals surface area (Å²) in [6, 6.07) is 12.7. The lowest BCUT2D eigenvalue weighted by Crippen LogP contribution is -2.19. The molecule has 0 fully saturated rings. The van der Waals surface area contributed by atoms with Gasteiger partial charge in [-0.1, -0.05) is 29.5 Å². The fourth-order valence-corrected chi connectivity index (χ4v) is 3.66. The molecule has 4 aromatic rings. The first-order chi connectivity index (χ1) is 12.7. The lowest BCUT2D eigenvalue weighted by atomic mass is 10.3. The summed E-state index contributed by atoms with van der Waals surface area (Å²) < 4.78 is 12.8. The largest absolute Gasteiger partial charge is 0.494 e. The number of aromatic nitrogens is 2. The quantitative estimate of drug-likeness (QED) is 0.584. The van der Waals surface area contributed by atoms with Crippen LogP contribution in [-0.4, -0.2) is 22.6 Å². The van der Waals surface area contributed by atoms with E-state index in [9.17, 15) is 9.59 Å². The minimum absolute atomic E-state index is 0.135. The third-order valence-corrected chi connectivity index (χ3v) is 4.92. The second-order valence-corrected chi connectivity index (χ2v) is 6.64. The highest BCUT2D eigenvalue weighted by molar-refractivity contribution is 7.22. The maximum Gasteiger partial charge on any atom is 0.419 e. The Kier molecular flexibility index (Phi) is 4.18. The molecule has 0 aliphatic carbocycles. The number of carbonyl (C=O) groups excluding carboxylic acids is 1. The minimum Gasteiger partial charge on any atom is -0.494 e. The number of nitrogens with zero attached hydrogens (tertiary/aromatic N) is 2. The number of oxazole rings is 1. The Morgan fingerprint density at radius 1 is 1.27 bits per heavy atom. The Hall–Kier alpha value is -3.13. The fourth-order valence-electron chi connectivity index (χ4n) is 2.76. The number of amides is 1. The second-order valence-electron chi connectivity index (χ2n) is 5.61. The van der Waals surface area contributed by atoms with E-state index in [1.54, 1.807) is 25.3 Å². The summed E-state index contributed by atoms with van der Waals surface area (Å²) in [5.41, 5.74) is 1.90. The molecule has 2 aromatic carbocycles. The van der Waals surface area contributed by atoms with Gasteiger partial charge in [0.2, 0.25) is 5.91 Å². The molecular weight excluding hydrogens is 354 g/mol. The zero-order valence-electron chi connectivity index (χ0n) is 13.9. The highest BCUT2D eigenvalue weighted by Crippen LogP contribution is 2.32. The zero-order chi connectivity index (χ0) is 18.1. The normalized spacial score (nSPS) is 11.1. The van der Waals surface area contributed by atoms with Crippen molar-refractivity contribution in [3.8, 4) is 5.75 Å². The second kappa shape index (κ2) is 6.64. The number of rotatable bonds is 5. The predicted octanol–water partition coefficient (Wildman–Crippen LogP) is 3.24. The molecule has 1 N–H and O–H groups in total. The number of nitrogens with one attached hydrogen (secondary N) is 1. The SMILES string of the molecule is COc1cccc2sc(NC(=O)CCn3c(=O)oc4ccccc43)nc12. The number of aryl methyl sites for hydroxylation is 1. The van der Waals surface area contributed by atoms with Crippen LogP contribution in [0.1, 0.15) is 6.42 Å². The van der Waals surface area contributed by atoms with Crippen molar-refractivity contribution in [2.75, 3.05) is 12.4 Å². The molecule has 132 valence electrons. The van der Waals surface area contributed by atoms with Crippen LogP contribution in [0.3, 0.4) is 0 Å². The van der Waals surface area contributed by atoms with Gasteiger partial charge >= 0.3 is 5.76 Å². The van der Waals surface area contributed by atoms with E-state index >= 15 is 0 Å². The lowest BCUT2D eigenvalue weighted by molar-refractivity contribution is -0.116. The molecule has 26 heavy (non-hydrogen) atoms. The number of methoxy groups -OCH3 is 1. The summed E-state index contributed by atoms with van der Waals surface area (Å²) in [7, 11) is 1.58. The van der Waals surface area contributed by atoms with Gasteiger partial charge in [0.05, 0.1) is 17.3 Å². The van der Waals surface area contributed by atoms with Gasteiger partial charge in [-0.25, -0.2) is 9.78 Å². The maximum atomic E-state index is 12.3. The molecule has 0 atom stereocenters. The van der Waals surface area contributed by atoms with E-state index in [0.717, 1.165) is 4.70 Å². The Morgan fingerprint density at radius 2 is 2.12 bits per heavy atom. The Bertz CT molecular complexity index is 1160. The molecule has 7 nitrogen and oxygen atoms in total. The van der Waals surface area contributed by atoms with Crippen LogP contribution < -0.4 is 15.8 Å². The van der Waals surface area contributed by atoms with Crippen LogP contribution in [0.4, 0.5) is 5.13 Å². The van der Waals surface area contributed by atoms with E-state index in [2.05, 4.69) is 10.3 Å². The first-order valence-electron chi connectivity index (χ1n) is 7.97. The smallest absolute Gasteiger partial charge is 0.419 e. The van der Waals surface area contributed by atoms with Crippen molar-refractivity contribution >= 4 is 43.7 Å². The maximum absolute atomic E-state index is 12.3. The van der Waals surface area contributed by atoms with Crippen molar-refractivity contribution in [2.24, 2.45) is 0 Å². The Morgan fingerprint density at radius 3 is 2.96 bits per heavy atom. The molecule has 0 unspecified atom stereocenters. The van der Waals surface area contributed by atoms with Gasteiger partial charge in [-0.15, -0.1) is 0 Å². The minimum atomic E-state index is -0.469. The van der Waals surface area contributed by atoms with Crippen molar-refractivity contribution < 1.29 is 13.9 Å². The van der Waals surface area contributed by atoms with E-state index in [1.165, 1.54) is 15.9 Å². The lowest BCUT2D eigenvalue weighted by Gasteiger charge is -2.02. The predicted molar refractivity (Wildman–Crippen MR) is 99.9 cm³/mol. The van der Waals surface area contributed by atoms with Crippen molar-refractivity contribution in [1.29, 1.82) is 0 Å². The van der Waals surface area contributed by atoms with Crippen LogP contribution >= 0.6 is 11.3 Å². The summed E-state index contributed by atoms with van der Waals surface area (Å²) in [5.74, 6) is -0.0282. The summed E-state index contributed by atoms with van der Waals surface area (Å²) >= 11 is 1.37. The first kappa shape index (κ1) is 16.3. The fraction of sp³-hybridized carbons (Fsp3) is 0.167. The first-order valence-corrected chi connectivity index (χ1v) is 8.79. The molecule has 2 aromatic heterocycles. The molecule has 0 bridgehead atoms. The number of hydrogen-bond donors (Lipinski definition) is 1. The molecule has 0 aliphatic rings. The number of para-hydroxylation sites is 3. The summed E-state index contributed by atoms with van der Waals surface area (Å²) in [4.78, 5) is 28.6. The third kappa shape index (κ3) is 2.95. The number of benzene rings is 2. The molecule has 0 saturated carbocycles. The van der Waals surface area contributed by atoms with E-state index in [0.29, 0.717) is 27.5 Å². The molecule has 2 heterocycles. The highest BCUT2D eigenvalue weighted by atomic mass is 32.1. The standard InChI is InChI=1S/C18H15N3O4S/c1-24-13-7-4-8-14-16(13)20-17(26-14)19-15(22)9-10-21-11-5-2-3-6-12(11)25-18(21)23/h2-8H,9-10H2,1H3,(H,19,20,22). The van der Waals surface area contributed by atoms with Gasteiger partial charge in [-0.05, 0) is 24.3 Å². The average molecular weight is 369 g/mol. The monoisotopic (exact) mass is 369 g/mol. The van der Waals surface area contributed by atoms with Crippen LogP contribution in [0.2, 0.25) is 0 Å². The van der Waals surface area contributed by atoms with Crippen LogP contribution in [0.5, 0.6) is 5.75 Å². The molecule has 0 aliphatic heterocycles. The van der Waals surface area contributed by atoms with Gasteiger partial charge in [0.15, 0.2) is 10.7 Å². The van der Waals surface area contributed by atoms with Crippen LogP contribution in [0.15, 0.2) is 51.7 Å². The van der Waals surface area contributed by atoms with Crippen molar-refractivity contribution in [3.63, 3.8) is 0 Å². The Balaban J connectivity index is 1.49. The third-order valence-electron chi connectivity index (χ3n) is 3.98. The van der Waals surface area contributed by atoms with E-state index in [-0.39, 0.29) is 18.9 Å². The molecule has 8 heteroatoms. The van der Waals surface area contributed by atoms with Gasteiger partial charge < -0.3 is 14.5 Å². The number of anilines is 1. The number of thiazole rings is 1. The summed E-state index contributed by atoms with van der Waals surface area (Å²) in [6.45, 7) is 0.232. The molecule has 0 radical (unpaired) electrons. The van der Waals surface area contributed by atoms with E-state index in [1.807, 2.05) is 24.3 Å². The molecule has 4 rings (SSSR count). The average Bonchev–Trinajstić information content (AvgIpc) is 3.19. The zero-order valence-corrected chi connectivity index (χ0v) is 14.7. The van der Waals surface area contributed by atoms with E-state index in [4.69, 9.17) is 9.15 Å². The van der Waals surface area contributed by atoms with Crippen LogP contribution in [0, 0.1) is 0 Å². The highest BCUT2D eigenvalue weighted by Gasteiger charge is 2.13. The van der Waals surface area contributed by atoms with E-state index < -0.39 is 5.76 Å². The van der Waals surface area contributed by atoms with Gasteiger partial charge in [-0.2, -0.15) is 0 Å².